The van der Waals surface area contributed by atoms with E-state index in [-0.39, 0.29) is 30.9 Å². The number of carbonyl (C=O) groups excluding carboxylic acids is 1. The highest BCUT2D eigenvalue weighted by Gasteiger charge is 2.22. The maximum Gasteiger partial charge on any atom is 0.332 e. The van der Waals surface area contributed by atoms with Crippen molar-refractivity contribution in [3.63, 3.8) is 0 Å². The monoisotopic (exact) mass is 339 g/mol. The molecule has 0 bridgehead atoms. The fourth-order valence-corrected chi connectivity index (χ4v) is 2.38. The highest BCUT2D eigenvalue weighted by Crippen LogP contribution is 2.05. The Morgan fingerprint density at radius 1 is 1.38 bits per heavy atom. The van der Waals surface area contributed by atoms with E-state index in [2.05, 4.69) is 10.3 Å². The van der Waals surface area contributed by atoms with Crippen LogP contribution in [0.25, 0.3) is 11.2 Å². The molecule has 1 unspecified atom stereocenters. The third-order valence-corrected chi connectivity index (χ3v) is 3.65. The fraction of sp³-hybridized carbons (Fsp3) is 0.571. The summed E-state index contributed by atoms with van der Waals surface area (Å²) in [4.78, 5) is 40.2. The van der Waals surface area contributed by atoms with Crippen molar-refractivity contribution in [3.05, 3.63) is 27.2 Å². The van der Waals surface area contributed by atoms with Gasteiger partial charge in [-0.1, -0.05) is 0 Å². The zero-order valence-electron chi connectivity index (χ0n) is 14.1. The smallest absolute Gasteiger partial charge is 0.332 e. The highest BCUT2D eigenvalue weighted by atomic mass is 16.5. The Bertz CT molecular complexity index is 876. The van der Waals surface area contributed by atoms with Crippen LogP contribution >= 0.6 is 0 Å². The lowest BCUT2D eigenvalue weighted by atomic mass is 10.1. The van der Waals surface area contributed by atoms with Gasteiger partial charge in [0.2, 0.25) is 5.91 Å². The molecule has 0 saturated carbocycles. The maximum atomic E-state index is 12.3. The van der Waals surface area contributed by atoms with Crippen LogP contribution in [0, 0.1) is 0 Å². The second kappa shape index (κ2) is 6.57. The van der Waals surface area contributed by atoms with E-state index in [0.717, 1.165) is 4.57 Å². The van der Waals surface area contributed by atoms with Gasteiger partial charge in [0.05, 0.1) is 12.9 Å². The molecule has 0 aliphatic heterocycles. The largest absolute Gasteiger partial charge is 0.386 e. The Kier molecular flexibility index (Phi) is 4.90. The van der Waals surface area contributed by atoms with Crippen molar-refractivity contribution in [1.82, 2.24) is 24.0 Å². The summed E-state index contributed by atoms with van der Waals surface area (Å²) < 4.78 is 8.44. The standard InChI is InChI=1S/C14H21N5O5/c1-14(23,7-24-4)6-15-9(20)5-19-8-16-11-10(19)12(21)18(3)13(22)17(11)2/h8,23H,5-7H2,1-4H3,(H,15,20). The zero-order valence-corrected chi connectivity index (χ0v) is 14.1. The van der Waals surface area contributed by atoms with Crippen molar-refractivity contribution < 1.29 is 14.6 Å². The Labute approximate surface area is 137 Å². The van der Waals surface area contributed by atoms with Crippen molar-refractivity contribution in [2.75, 3.05) is 20.3 Å². The molecule has 0 aliphatic carbocycles. The number of nitrogens with zero attached hydrogens (tertiary/aromatic N) is 4. The van der Waals surface area contributed by atoms with Crippen molar-refractivity contribution in [1.29, 1.82) is 0 Å². The first-order chi connectivity index (χ1) is 11.2. The summed E-state index contributed by atoms with van der Waals surface area (Å²) in [5.41, 5.74) is -1.83. The first-order valence-corrected chi connectivity index (χ1v) is 7.27. The maximum absolute atomic E-state index is 12.3. The third kappa shape index (κ3) is 3.39. The number of carbonyl (C=O) groups is 1. The van der Waals surface area contributed by atoms with Crippen LogP contribution in [0.2, 0.25) is 0 Å². The molecule has 0 aliphatic rings. The van der Waals surface area contributed by atoms with E-state index in [1.54, 1.807) is 0 Å². The molecule has 1 atom stereocenters. The first kappa shape index (κ1) is 17.9. The SMILES string of the molecule is COCC(C)(O)CNC(=O)Cn1cnc2c1c(=O)n(C)c(=O)n2C. The van der Waals surface area contributed by atoms with Crippen LogP contribution in [0.1, 0.15) is 6.92 Å². The van der Waals surface area contributed by atoms with E-state index in [9.17, 15) is 19.5 Å². The molecule has 2 aromatic heterocycles. The number of ether oxygens (including phenoxy) is 1. The topological polar surface area (TPSA) is 120 Å². The Morgan fingerprint density at radius 2 is 2.04 bits per heavy atom. The number of rotatable bonds is 6. The van der Waals surface area contributed by atoms with E-state index in [0.29, 0.717) is 0 Å². The lowest BCUT2D eigenvalue weighted by Crippen LogP contribution is -2.44. The van der Waals surface area contributed by atoms with Gasteiger partial charge in [-0.2, -0.15) is 0 Å². The van der Waals surface area contributed by atoms with Crippen LogP contribution < -0.4 is 16.6 Å². The normalized spacial score (nSPS) is 13.9. The Morgan fingerprint density at radius 3 is 2.67 bits per heavy atom. The lowest BCUT2D eigenvalue weighted by Gasteiger charge is -2.22. The number of hydrogen-bond acceptors (Lipinski definition) is 6. The third-order valence-electron chi connectivity index (χ3n) is 3.65. The van der Waals surface area contributed by atoms with Crippen molar-refractivity contribution in [2.45, 2.75) is 19.1 Å². The summed E-state index contributed by atoms with van der Waals surface area (Å²) in [6, 6.07) is 0. The van der Waals surface area contributed by atoms with Gasteiger partial charge in [0, 0.05) is 27.7 Å². The summed E-state index contributed by atoms with van der Waals surface area (Å²) >= 11 is 0. The zero-order chi connectivity index (χ0) is 18.1. The minimum atomic E-state index is -1.19. The molecule has 10 nitrogen and oxygen atoms in total. The molecular weight excluding hydrogens is 318 g/mol. The quantitative estimate of drug-likeness (QED) is 0.625. The van der Waals surface area contributed by atoms with Gasteiger partial charge >= 0.3 is 5.69 Å². The summed E-state index contributed by atoms with van der Waals surface area (Å²) in [5.74, 6) is -0.401. The minimum Gasteiger partial charge on any atom is -0.386 e. The molecule has 0 fully saturated rings. The van der Waals surface area contributed by atoms with Gasteiger partial charge < -0.3 is 19.7 Å². The van der Waals surface area contributed by atoms with E-state index in [1.807, 2.05) is 0 Å². The summed E-state index contributed by atoms with van der Waals surface area (Å²) in [7, 11) is 4.32. The second-order valence-electron chi connectivity index (χ2n) is 5.96. The highest BCUT2D eigenvalue weighted by molar-refractivity contribution is 5.78. The van der Waals surface area contributed by atoms with E-state index in [4.69, 9.17) is 4.74 Å². The molecular formula is C14H21N5O5. The number of fused-ring (bicyclic) bond motifs is 1. The van der Waals surface area contributed by atoms with Gasteiger partial charge in [0.25, 0.3) is 5.56 Å². The molecule has 0 spiro atoms. The molecule has 2 heterocycles. The molecule has 2 aromatic rings. The summed E-state index contributed by atoms with van der Waals surface area (Å²) in [5, 5.41) is 12.5. The van der Waals surface area contributed by atoms with Gasteiger partial charge in [0.1, 0.15) is 12.1 Å². The molecule has 1 amide bonds. The van der Waals surface area contributed by atoms with Crippen LogP contribution in [-0.2, 0) is 30.2 Å². The number of amides is 1. The van der Waals surface area contributed by atoms with Crippen molar-refractivity contribution >= 4 is 17.1 Å². The van der Waals surface area contributed by atoms with Crippen LogP contribution in [0.4, 0.5) is 0 Å². The Hall–Kier alpha value is -2.46. The molecule has 0 saturated heterocycles. The fourth-order valence-electron chi connectivity index (χ4n) is 2.38. The number of aromatic nitrogens is 4. The molecule has 10 heteroatoms. The predicted molar refractivity (Wildman–Crippen MR) is 85.7 cm³/mol. The predicted octanol–water partition coefficient (Wildman–Crippen LogP) is -2.05. The molecule has 24 heavy (non-hydrogen) atoms. The Balaban J connectivity index is 2.24. The molecule has 2 rings (SSSR count). The number of methoxy groups -OCH3 is 1. The number of aryl methyl sites for hydroxylation is 1. The first-order valence-electron chi connectivity index (χ1n) is 7.27. The second-order valence-corrected chi connectivity index (χ2v) is 5.96. The van der Waals surface area contributed by atoms with E-state index >= 15 is 0 Å². The van der Waals surface area contributed by atoms with Gasteiger partial charge in [-0.25, -0.2) is 9.78 Å². The van der Waals surface area contributed by atoms with Gasteiger partial charge in [0.15, 0.2) is 11.2 Å². The number of nitrogens with one attached hydrogen (secondary N) is 1. The average Bonchev–Trinajstić information content (AvgIpc) is 2.92. The molecule has 0 radical (unpaired) electrons. The summed E-state index contributed by atoms with van der Waals surface area (Å²) in [6.07, 6.45) is 1.33. The van der Waals surface area contributed by atoms with Gasteiger partial charge in [-0.3, -0.25) is 18.7 Å². The van der Waals surface area contributed by atoms with Crippen molar-refractivity contribution in [3.8, 4) is 0 Å². The number of imidazole rings is 1. The minimum absolute atomic E-state index is 0.00278. The van der Waals surface area contributed by atoms with Crippen LogP contribution in [-0.4, -0.2) is 55.6 Å². The summed E-state index contributed by atoms with van der Waals surface area (Å²) in [6.45, 7) is 1.45. The van der Waals surface area contributed by atoms with Crippen LogP contribution in [0.15, 0.2) is 15.9 Å². The van der Waals surface area contributed by atoms with Gasteiger partial charge in [-0.05, 0) is 6.92 Å². The van der Waals surface area contributed by atoms with Crippen LogP contribution in [0.3, 0.4) is 0 Å². The van der Waals surface area contributed by atoms with E-state index in [1.165, 1.54) is 43.6 Å². The van der Waals surface area contributed by atoms with Crippen LogP contribution in [0.5, 0.6) is 0 Å². The lowest BCUT2D eigenvalue weighted by molar-refractivity contribution is -0.123. The number of aliphatic hydroxyl groups is 1. The average molecular weight is 339 g/mol. The molecule has 2 N–H and O–H groups in total. The number of hydrogen-bond donors (Lipinski definition) is 2. The van der Waals surface area contributed by atoms with E-state index < -0.39 is 22.8 Å². The molecule has 0 aromatic carbocycles. The van der Waals surface area contributed by atoms with Crippen molar-refractivity contribution in [2.24, 2.45) is 14.1 Å². The van der Waals surface area contributed by atoms with Gasteiger partial charge in [-0.15, -0.1) is 0 Å². The molecule has 132 valence electrons.